The Morgan fingerprint density at radius 1 is 1.20 bits per heavy atom. The summed E-state index contributed by atoms with van der Waals surface area (Å²) in [7, 11) is 0. The maximum atomic E-state index is 5.60. The number of para-hydroxylation sites is 1. The quantitative estimate of drug-likeness (QED) is 0.840. The summed E-state index contributed by atoms with van der Waals surface area (Å²) in [6.45, 7) is 2.37. The summed E-state index contributed by atoms with van der Waals surface area (Å²) >= 11 is 3.42. The zero-order valence-corrected chi connectivity index (χ0v) is 9.95. The van der Waals surface area contributed by atoms with Gasteiger partial charge in [0.15, 0.2) is 0 Å². The Morgan fingerprint density at radius 2 is 2.00 bits per heavy atom. The van der Waals surface area contributed by atoms with Gasteiger partial charge < -0.3 is 9.15 Å². The summed E-state index contributed by atoms with van der Waals surface area (Å²) in [5.74, 6) is 2.57. The number of halogens is 1. The molecule has 0 amide bonds. The second kappa shape index (κ2) is 4.53. The highest BCUT2D eigenvalue weighted by Crippen LogP contribution is 2.24. The van der Waals surface area contributed by atoms with Crippen LogP contribution < -0.4 is 4.74 Å². The fraction of sp³-hybridized carbons (Fsp3) is 0.167. The van der Waals surface area contributed by atoms with Crippen LogP contribution in [0, 0.1) is 6.92 Å². The zero-order chi connectivity index (χ0) is 10.7. The first kappa shape index (κ1) is 10.3. The highest BCUT2D eigenvalue weighted by molar-refractivity contribution is 9.10. The fourth-order valence-corrected chi connectivity index (χ4v) is 1.67. The van der Waals surface area contributed by atoms with Crippen LogP contribution in [0.5, 0.6) is 5.75 Å². The van der Waals surface area contributed by atoms with Crippen LogP contribution in [0.1, 0.15) is 11.5 Å². The maximum Gasteiger partial charge on any atom is 0.146 e. The van der Waals surface area contributed by atoms with E-state index in [4.69, 9.17) is 9.15 Å². The molecule has 1 aromatic heterocycles. The normalized spacial score (nSPS) is 10.3. The van der Waals surface area contributed by atoms with Crippen molar-refractivity contribution in [3.8, 4) is 5.75 Å². The standard InChI is InChI=1S/C12H11BrO2/c1-9-6-7-10(15-9)8-14-12-5-3-2-4-11(12)13/h2-7H,8H2,1H3. The van der Waals surface area contributed by atoms with Crippen LogP contribution in [0.15, 0.2) is 45.3 Å². The third-order valence-electron chi connectivity index (χ3n) is 2.00. The average molecular weight is 267 g/mol. The van der Waals surface area contributed by atoms with E-state index in [2.05, 4.69) is 15.9 Å². The van der Waals surface area contributed by atoms with E-state index < -0.39 is 0 Å². The molecule has 0 atom stereocenters. The van der Waals surface area contributed by atoms with Gasteiger partial charge in [0.25, 0.3) is 0 Å². The molecule has 1 aromatic carbocycles. The van der Waals surface area contributed by atoms with Crippen molar-refractivity contribution in [2.24, 2.45) is 0 Å². The van der Waals surface area contributed by atoms with Crippen LogP contribution in [-0.4, -0.2) is 0 Å². The van der Waals surface area contributed by atoms with Gasteiger partial charge in [0, 0.05) is 0 Å². The number of rotatable bonds is 3. The molecule has 2 nitrogen and oxygen atoms in total. The molecule has 0 N–H and O–H groups in total. The monoisotopic (exact) mass is 266 g/mol. The minimum absolute atomic E-state index is 0.455. The van der Waals surface area contributed by atoms with E-state index in [0.717, 1.165) is 21.7 Å². The molecule has 2 aromatic rings. The van der Waals surface area contributed by atoms with E-state index in [1.807, 2.05) is 43.3 Å². The Kier molecular flexibility index (Phi) is 3.11. The van der Waals surface area contributed by atoms with Crippen molar-refractivity contribution >= 4 is 15.9 Å². The average Bonchev–Trinajstić information content (AvgIpc) is 2.63. The molecule has 0 spiro atoms. The van der Waals surface area contributed by atoms with Gasteiger partial charge in [-0.2, -0.15) is 0 Å². The van der Waals surface area contributed by atoms with Gasteiger partial charge in [-0.1, -0.05) is 12.1 Å². The van der Waals surface area contributed by atoms with Gasteiger partial charge in [-0.15, -0.1) is 0 Å². The molecule has 15 heavy (non-hydrogen) atoms. The Morgan fingerprint density at radius 3 is 2.67 bits per heavy atom. The van der Waals surface area contributed by atoms with Gasteiger partial charge in [-0.25, -0.2) is 0 Å². The number of hydrogen-bond acceptors (Lipinski definition) is 2. The molecule has 0 saturated carbocycles. The lowest BCUT2D eigenvalue weighted by molar-refractivity contribution is 0.266. The Balaban J connectivity index is 2.02. The van der Waals surface area contributed by atoms with Gasteiger partial charge in [0.2, 0.25) is 0 Å². The summed E-state index contributed by atoms with van der Waals surface area (Å²) in [5.41, 5.74) is 0. The molecule has 0 fully saturated rings. The second-order valence-corrected chi connectivity index (χ2v) is 4.09. The largest absolute Gasteiger partial charge is 0.484 e. The van der Waals surface area contributed by atoms with Crippen LogP contribution >= 0.6 is 15.9 Å². The van der Waals surface area contributed by atoms with Crippen molar-refractivity contribution in [3.05, 3.63) is 52.4 Å². The third-order valence-corrected chi connectivity index (χ3v) is 2.66. The topological polar surface area (TPSA) is 22.4 Å². The van der Waals surface area contributed by atoms with Crippen molar-refractivity contribution in [2.45, 2.75) is 13.5 Å². The molecule has 0 unspecified atom stereocenters. The summed E-state index contributed by atoms with van der Waals surface area (Å²) in [6, 6.07) is 11.6. The third kappa shape index (κ3) is 2.63. The van der Waals surface area contributed by atoms with Crippen molar-refractivity contribution < 1.29 is 9.15 Å². The Labute approximate surface area is 97.0 Å². The number of benzene rings is 1. The highest BCUT2D eigenvalue weighted by Gasteiger charge is 2.02. The Bertz CT molecular complexity index is 448. The molecule has 0 saturated heterocycles. The van der Waals surface area contributed by atoms with Crippen LogP contribution in [-0.2, 0) is 6.61 Å². The maximum absolute atomic E-state index is 5.60. The van der Waals surface area contributed by atoms with Crippen LogP contribution in [0.2, 0.25) is 0 Å². The SMILES string of the molecule is Cc1ccc(COc2ccccc2Br)o1. The first-order valence-electron chi connectivity index (χ1n) is 4.68. The van der Waals surface area contributed by atoms with Gasteiger partial charge in [0.1, 0.15) is 23.9 Å². The zero-order valence-electron chi connectivity index (χ0n) is 8.37. The molecule has 0 aliphatic carbocycles. The Hall–Kier alpha value is -1.22. The van der Waals surface area contributed by atoms with E-state index in [0.29, 0.717) is 6.61 Å². The van der Waals surface area contributed by atoms with E-state index in [-0.39, 0.29) is 0 Å². The number of furan rings is 1. The first-order chi connectivity index (χ1) is 7.25. The lowest BCUT2D eigenvalue weighted by Crippen LogP contribution is -1.93. The smallest absolute Gasteiger partial charge is 0.146 e. The molecule has 2 rings (SSSR count). The van der Waals surface area contributed by atoms with E-state index in [9.17, 15) is 0 Å². The first-order valence-corrected chi connectivity index (χ1v) is 5.47. The fourth-order valence-electron chi connectivity index (χ4n) is 1.27. The number of aryl methyl sites for hydroxylation is 1. The molecule has 1 heterocycles. The summed E-state index contributed by atoms with van der Waals surface area (Å²) in [6.07, 6.45) is 0. The molecular weight excluding hydrogens is 256 g/mol. The highest BCUT2D eigenvalue weighted by atomic mass is 79.9. The molecular formula is C12H11BrO2. The van der Waals surface area contributed by atoms with Crippen LogP contribution in [0.25, 0.3) is 0 Å². The van der Waals surface area contributed by atoms with Crippen LogP contribution in [0.4, 0.5) is 0 Å². The van der Waals surface area contributed by atoms with E-state index in [1.165, 1.54) is 0 Å². The van der Waals surface area contributed by atoms with Crippen molar-refractivity contribution in [1.82, 2.24) is 0 Å². The summed E-state index contributed by atoms with van der Waals surface area (Å²) < 4.78 is 12.0. The van der Waals surface area contributed by atoms with Crippen molar-refractivity contribution in [2.75, 3.05) is 0 Å². The summed E-state index contributed by atoms with van der Waals surface area (Å²) in [4.78, 5) is 0. The minimum Gasteiger partial charge on any atom is -0.484 e. The van der Waals surface area contributed by atoms with Gasteiger partial charge >= 0.3 is 0 Å². The van der Waals surface area contributed by atoms with Gasteiger partial charge in [-0.3, -0.25) is 0 Å². The van der Waals surface area contributed by atoms with Gasteiger partial charge in [-0.05, 0) is 47.1 Å². The van der Waals surface area contributed by atoms with Crippen molar-refractivity contribution in [3.63, 3.8) is 0 Å². The van der Waals surface area contributed by atoms with E-state index in [1.54, 1.807) is 0 Å². The molecule has 78 valence electrons. The minimum atomic E-state index is 0.455. The molecule has 3 heteroatoms. The molecule has 0 aliphatic rings. The number of hydrogen-bond donors (Lipinski definition) is 0. The number of ether oxygens (including phenoxy) is 1. The summed E-state index contributed by atoms with van der Waals surface area (Å²) in [5, 5.41) is 0. The lowest BCUT2D eigenvalue weighted by Gasteiger charge is -2.05. The van der Waals surface area contributed by atoms with Crippen LogP contribution in [0.3, 0.4) is 0 Å². The predicted molar refractivity (Wildman–Crippen MR) is 61.9 cm³/mol. The van der Waals surface area contributed by atoms with E-state index >= 15 is 0 Å². The molecule has 0 bridgehead atoms. The lowest BCUT2D eigenvalue weighted by atomic mass is 10.3. The predicted octanol–water partition coefficient (Wildman–Crippen LogP) is 3.93. The molecule has 0 radical (unpaired) electrons. The second-order valence-electron chi connectivity index (χ2n) is 3.23. The van der Waals surface area contributed by atoms with Gasteiger partial charge in [0.05, 0.1) is 4.47 Å². The van der Waals surface area contributed by atoms with Crippen molar-refractivity contribution in [1.29, 1.82) is 0 Å². The molecule has 0 aliphatic heterocycles.